The van der Waals surface area contributed by atoms with Gasteiger partial charge in [-0.3, -0.25) is 4.79 Å². The molecule has 1 aromatic carbocycles. The number of benzene rings is 1. The van der Waals surface area contributed by atoms with E-state index < -0.39 is 11.8 Å². The van der Waals surface area contributed by atoms with Gasteiger partial charge in [-0.25, -0.2) is 0 Å². The van der Waals surface area contributed by atoms with Crippen LogP contribution in [0.1, 0.15) is 56.4 Å². The summed E-state index contributed by atoms with van der Waals surface area (Å²) in [5, 5.41) is 11.8. The molecule has 10 heteroatoms. The molecule has 1 saturated carbocycles. The fourth-order valence-electron chi connectivity index (χ4n) is 3.12. The van der Waals surface area contributed by atoms with Crippen molar-refractivity contribution >= 4 is 23.2 Å². The minimum absolute atomic E-state index is 0.119. The number of alkyl halides is 3. The topological polar surface area (TPSA) is 69.0 Å². The normalized spacial score (nSPS) is 14.7. The summed E-state index contributed by atoms with van der Waals surface area (Å²) in [6, 6.07) is 5.54. The van der Waals surface area contributed by atoms with Crippen LogP contribution in [0.4, 0.5) is 18.9 Å². The van der Waals surface area contributed by atoms with E-state index in [1.807, 2.05) is 11.5 Å². The second-order valence-electron chi connectivity index (χ2n) is 8.20. The van der Waals surface area contributed by atoms with Gasteiger partial charge >= 0.3 is 6.18 Å². The lowest BCUT2D eigenvalue weighted by Gasteiger charge is -2.27. The molecular weight excluding hydrogens is 433 g/mol. The summed E-state index contributed by atoms with van der Waals surface area (Å²) >= 11 is 6.08. The zero-order valence-electron chi connectivity index (χ0n) is 17.7. The Labute approximate surface area is 184 Å². The van der Waals surface area contributed by atoms with Crippen LogP contribution in [-0.4, -0.2) is 39.1 Å². The van der Waals surface area contributed by atoms with Gasteiger partial charge in [0.15, 0.2) is 5.60 Å². The van der Waals surface area contributed by atoms with Crippen molar-refractivity contribution in [2.45, 2.75) is 70.7 Å². The zero-order chi connectivity index (χ0) is 22.8. The minimum Gasteiger partial charge on any atom is -0.366 e. The van der Waals surface area contributed by atoms with E-state index in [0.717, 1.165) is 32.3 Å². The SMILES string of the molecule is Cc1c(Cl)cccc1NC(=O)CCc1nnc(CCOC(C)(C)C(F)(F)F)n1C1CC1. The summed E-state index contributed by atoms with van der Waals surface area (Å²) in [7, 11) is 0. The number of halogens is 4. The van der Waals surface area contributed by atoms with Crippen molar-refractivity contribution in [2.75, 3.05) is 11.9 Å². The molecule has 170 valence electrons. The van der Waals surface area contributed by atoms with Gasteiger partial charge < -0.3 is 14.6 Å². The number of aryl methyl sites for hydroxylation is 1. The third-order valence-corrected chi connectivity index (χ3v) is 5.75. The van der Waals surface area contributed by atoms with Crippen molar-refractivity contribution in [2.24, 2.45) is 0 Å². The highest BCUT2D eigenvalue weighted by Crippen LogP contribution is 2.37. The Kier molecular flexibility index (Phi) is 6.95. The van der Waals surface area contributed by atoms with E-state index in [1.165, 1.54) is 0 Å². The first-order valence-corrected chi connectivity index (χ1v) is 10.6. The summed E-state index contributed by atoms with van der Waals surface area (Å²) in [6.45, 7) is 3.72. The Balaban J connectivity index is 1.59. The number of carbonyl (C=O) groups excluding carboxylic acids is 1. The smallest absolute Gasteiger partial charge is 0.366 e. The molecule has 6 nitrogen and oxygen atoms in total. The van der Waals surface area contributed by atoms with Crippen molar-refractivity contribution in [3.05, 3.63) is 40.4 Å². The summed E-state index contributed by atoms with van der Waals surface area (Å²) < 4.78 is 45.9. The zero-order valence-corrected chi connectivity index (χ0v) is 18.5. The van der Waals surface area contributed by atoms with Crippen molar-refractivity contribution in [1.82, 2.24) is 14.8 Å². The maximum Gasteiger partial charge on any atom is 0.416 e. The second-order valence-corrected chi connectivity index (χ2v) is 8.61. The van der Waals surface area contributed by atoms with Crippen LogP contribution in [0.25, 0.3) is 0 Å². The predicted molar refractivity (Wildman–Crippen MR) is 111 cm³/mol. The summed E-state index contributed by atoms with van der Waals surface area (Å²) in [5.41, 5.74) is -0.773. The lowest BCUT2D eigenvalue weighted by molar-refractivity contribution is -0.263. The van der Waals surface area contributed by atoms with Gasteiger partial charge in [0, 0.05) is 36.0 Å². The van der Waals surface area contributed by atoms with Gasteiger partial charge in [0.25, 0.3) is 0 Å². The van der Waals surface area contributed by atoms with E-state index in [2.05, 4.69) is 15.5 Å². The van der Waals surface area contributed by atoms with Gasteiger partial charge in [-0.15, -0.1) is 10.2 Å². The number of amides is 1. The molecule has 1 amide bonds. The highest BCUT2D eigenvalue weighted by molar-refractivity contribution is 6.31. The number of aromatic nitrogens is 3. The van der Waals surface area contributed by atoms with E-state index in [-0.39, 0.29) is 31.4 Å². The Morgan fingerprint density at radius 3 is 2.48 bits per heavy atom. The number of ether oxygens (including phenoxy) is 1. The number of nitrogens with zero attached hydrogens (tertiary/aromatic N) is 3. The standard InChI is InChI=1S/C21H26ClF3N4O2/c1-13-15(22)5-4-6-16(13)26-19(30)10-9-17-27-28-18(29(17)14-7-8-14)11-12-31-20(2,3)21(23,24)25/h4-6,14H,7-12H2,1-3H3,(H,26,30). The number of nitrogens with one attached hydrogen (secondary N) is 1. The maximum absolute atomic E-state index is 13.0. The summed E-state index contributed by atoms with van der Waals surface area (Å²) in [4.78, 5) is 12.4. The number of rotatable bonds is 9. The van der Waals surface area contributed by atoms with Crippen molar-refractivity contribution in [1.29, 1.82) is 0 Å². The van der Waals surface area contributed by atoms with Crippen LogP contribution in [0.5, 0.6) is 0 Å². The molecule has 0 unspecified atom stereocenters. The Hall–Kier alpha value is -2.13. The highest BCUT2D eigenvalue weighted by Gasteiger charge is 2.48. The monoisotopic (exact) mass is 458 g/mol. The molecule has 0 aliphatic heterocycles. The van der Waals surface area contributed by atoms with Crippen LogP contribution in [-0.2, 0) is 22.4 Å². The molecule has 0 saturated heterocycles. The van der Waals surface area contributed by atoms with Gasteiger partial charge in [-0.1, -0.05) is 17.7 Å². The quantitative estimate of drug-likeness (QED) is 0.571. The molecule has 2 aromatic rings. The fourth-order valence-corrected chi connectivity index (χ4v) is 3.29. The molecular formula is C21H26ClF3N4O2. The number of carbonyl (C=O) groups is 1. The van der Waals surface area contributed by atoms with Gasteiger partial charge in [0.2, 0.25) is 5.91 Å². The molecule has 1 aromatic heterocycles. The largest absolute Gasteiger partial charge is 0.416 e. The lowest BCUT2D eigenvalue weighted by atomic mass is 10.1. The van der Waals surface area contributed by atoms with Crippen LogP contribution in [0, 0.1) is 6.92 Å². The van der Waals surface area contributed by atoms with E-state index in [4.69, 9.17) is 16.3 Å². The molecule has 31 heavy (non-hydrogen) atoms. The molecule has 1 aliphatic rings. The average Bonchev–Trinajstić information content (AvgIpc) is 3.43. The molecule has 0 atom stereocenters. The number of anilines is 1. The molecule has 1 aliphatic carbocycles. The Bertz CT molecular complexity index is 939. The third kappa shape index (κ3) is 5.77. The lowest BCUT2D eigenvalue weighted by Crippen LogP contribution is -2.42. The minimum atomic E-state index is -4.45. The van der Waals surface area contributed by atoms with Crippen molar-refractivity contribution in [3.63, 3.8) is 0 Å². The highest BCUT2D eigenvalue weighted by atomic mass is 35.5. The molecule has 0 spiro atoms. The molecule has 1 fully saturated rings. The van der Waals surface area contributed by atoms with Crippen LogP contribution in [0.15, 0.2) is 18.2 Å². The van der Waals surface area contributed by atoms with Crippen LogP contribution >= 0.6 is 11.6 Å². The van der Waals surface area contributed by atoms with E-state index >= 15 is 0 Å². The molecule has 3 rings (SSSR count). The number of hydrogen-bond donors (Lipinski definition) is 1. The Morgan fingerprint density at radius 2 is 1.87 bits per heavy atom. The van der Waals surface area contributed by atoms with E-state index in [1.54, 1.807) is 18.2 Å². The third-order valence-electron chi connectivity index (χ3n) is 5.34. The van der Waals surface area contributed by atoms with Gasteiger partial charge in [-0.2, -0.15) is 13.2 Å². The average molecular weight is 459 g/mol. The predicted octanol–water partition coefficient (Wildman–Crippen LogP) is 5.05. The molecule has 1 N–H and O–H groups in total. The van der Waals surface area contributed by atoms with Crippen LogP contribution in [0.2, 0.25) is 5.02 Å². The van der Waals surface area contributed by atoms with Gasteiger partial charge in [0.05, 0.1) is 6.61 Å². The van der Waals surface area contributed by atoms with E-state index in [9.17, 15) is 18.0 Å². The van der Waals surface area contributed by atoms with Gasteiger partial charge in [-0.05, 0) is 51.3 Å². The van der Waals surface area contributed by atoms with E-state index in [0.29, 0.717) is 28.8 Å². The van der Waals surface area contributed by atoms with Gasteiger partial charge in [0.1, 0.15) is 11.6 Å². The first-order chi connectivity index (χ1) is 14.5. The summed E-state index contributed by atoms with van der Waals surface area (Å²) in [5.74, 6) is 1.07. The fraction of sp³-hybridized carbons (Fsp3) is 0.571. The first kappa shape index (κ1) is 23.5. The van der Waals surface area contributed by atoms with Crippen molar-refractivity contribution in [3.8, 4) is 0 Å². The Morgan fingerprint density at radius 1 is 1.23 bits per heavy atom. The maximum atomic E-state index is 13.0. The molecule has 0 radical (unpaired) electrons. The van der Waals surface area contributed by atoms with Crippen molar-refractivity contribution < 1.29 is 22.7 Å². The van der Waals surface area contributed by atoms with Crippen LogP contribution in [0.3, 0.4) is 0 Å². The van der Waals surface area contributed by atoms with Crippen LogP contribution < -0.4 is 5.32 Å². The first-order valence-electron chi connectivity index (χ1n) is 10.2. The molecule has 0 bridgehead atoms. The summed E-state index contributed by atoms with van der Waals surface area (Å²) in [6.07, 6.45) is -1.73. The molecule has 1 heterocycles. The number of hydrogen-bond acceptors (Lipinski definition) is 4. The second kappa shape index (κ2) is 9.16.